The molecule has 7 heteroatoms. The normalized spacial score (nSPS) is 15.1. The molecule has 0 unspecified atom stereocenters. The lowest BCUT2D eigenvalue weighted by Crippen LogP contribution is -2.35. The summed E-state index contributed by atoms with van der Waals surface area (Å²) in [5, 5.41) is 3.67. The zero-order chi connectivity index (χ0) is 17.4. The first-order chi connectivity index (χ1) is 11.6. The van der Waals surface area contributed by atoms with Crippen molar-refractivity contribution >= 4 is 35.0 Å². The number of carbonyl (C=O) groups excluding carboxylic acids is 2. The van der Waals surface area contributed by atoms with E-state index in [-0.39, 0.29) is 18.4 Å². The summed E-state index contributed by atoms with van der Waals surface area (Å²) in [6, 6.07) is 4.84. The number of nitrogens with one attached hydrogen (secondary N) is 1. The Morgan fingerprint density at radius 1 is 1.25 bits per heavy atom. The second-order valence-corrected chi connectivity index (χ2v) is 6.60. The molecule has 1 saturated heterocycles. The minimum absolute atomic E-state index is 0.107. The number of hydrogen-bond donors (Lipinski definition) is 1. The van der Waals surface area contributed by atoms with Gasteiger partial charge < -0.3 is 15.0 Å². The number of ether oxygens (including phenoxy) is 1. The molecule has 1 N–H and O–H groups in total. The first-order valence-corrected chi connectivity index (χ1v) is 8.94. The number of nitrogens with zero attached hydrogens (tertiary/aromatic N) is 1. The van der Waals surface area contributed by atoms with Crippen LogP contribution < -0.4 is 10.1 Å². The van der Waals surface area contributed by atoms with Crippen molar-refractivity contribution in [3.63, 3.8) is 0 Å². The Labute approximate surface area is 152 Å². The van der Waals surface area contributed by atoms with Crippen molar-refractivity contribution in [2.75, 3.05) is 26.2 Å². The van der Waals surface area contributed by atoms with Gasteiger partial charge in [-0.05, 0) is 37.5 Å². The van der Waals surface area contributed by atoms with Crippen LogP contribution in [0.3, 0.4) is 0 Å². The summed E-state index contributed by atoms with van der Waals surface area (Å²) >= 11 is 11.8. The van der Waals surface area contributed by atoms with Crippen LogP contribution in [0.1, 0.15) is 32.1 Å². The van der Waals surface area contributed by atoms with Crippen molar-refractivity contribution in [2.24, 2.45) is 0 Å². The SMILES string of the molecule is O=C(COc1ccc(Cl)cc1Cl)NCCCN1CCCCCC1=O. The first kappa shape index (κ1) is 18.9. The van der Waals surface area contributed by atoms with E-state index in [1.54, 1.807) is 18.2 Å². The fourth-order valence-corrected chi connectivity index (χ4v) is 3.02. The van der Waals surface area contributed by atoms with E-state index in [1.807, 2.05) is 4.90 Å². The van der Waals surface area contributed by atoms with Crippen LogP contribution in [-0.2, 0) is 9.59 Å². The number of hydrogen-bond acceptors (Lipinski definition) is 3. The third-order valence-electron chi connectivity index (χ3n) is 3.85. The van der Waals surface area contributed by atoms with Gasteiger partial charge >= 0.3 is 0 Å². The van der Waals surface area contributed by atoms with Gasteiger partial charge in [0.15, 0.2) is 6.61 Å². The van der Waals surface area contributed by atoms with Gasteiger partial charge in [-0.15, -0.1) is 0 Å². The van der Waals surface area contributed by atoms with Crippen LogP contribution in [0.2, 0.25) is 10.0 Å². The molecule has 24 heavy (non-hydrogen) atoms. The molecule has 0 saturated carbocycles. The van der Waals surface area contributed by atoms with Gasteiger partial charge in [0.1, 0.15) is 5.75 Å². The Kier molecular flexibility index (Phi) is 7.66. The molecule has 0 radical (unpaired) electrons. The van der Waals surface area contributed by atoms with Crippen molar-refractivity contribution in [3.8, 4) is 5.75 Å². The predicted octanol–water partition coefficient (Wildman–Crippen LogP) is 3.28. The van der Waals surface area contributed by atoms with Crippen LogP contribution in [-0.4, -0.2) is 43.0 Å². The number of rotatable bonds is 7. The molecule has 5 nitrogen and oxygen atoms in total. The van der Waals surface area contributed by atoms with Crippen LogP contribution in [0, 0.1) is 0 Å². The Balaban J connectivity index is 1.63. The van der Waals surface area contributed by atoms with E-state index >= 15 is 0 Å². The van der Waals surface area contributed by atoms with E-state index in [9.17, 15) is 9.59 Å². The quantitative estimate of drug-likeness (QED) is 0.747. The molecular formula is C17H22Cl2N2O3. The van der Waals surface area contributed by atoms with Gasteiger partial charge in [0.2, 0.25) is 5.91 Å². The standard InChI is InChI=1S/C17H22Cl2N2O3/c18-13-6-7-15(14(19)11-13)24-12-16(22)20-8-4-10-21-9-3-1-2-5-17(21)23/h6-7,11H,1-5,8-10,12H2,(H,20,22). The van der Waals surface area contributed by atoms with Gasteiger partial charge in [0, 0.05) is 31.1 Å². The topological polar surface area (TPSA) is 58.6 Å². The Morgan fingerprint density at radius 3 is 2.88 bits per heavy atom. The molecule has 1 aliphatic heterocycles. The highest BCUT2D eigenvalue weighted by atomic mass is 35.5. The third kappa shape index (κ3) is 6.21. The minimum atomic E-state index is -0.219. The molecule has 0 bridgehead atoms. The largest absolute Gasteiger partial charge is 0.482 e. The van der Waals surface area contributed by atoms with Crippen molar-refractivity contribution in [1.82, 2.24) is 10.2 Å². The Bertz CT molecular complexity index is 581. The van der Waals surface area contributed by atoms with Gasteiger partial charge in [-0.3, -0.25) is 9.59 Å². The highest BCUT2D eigenvalue weighted by Gasteiger charge is 2.15. The second kappa shape index (κ2) is 9.74. The zero-order valence-electron chi connectivity index (χ0n) is 13.5. The molecule has 1 aromatic rings. The molecule has 0 aromatic heterocycles. The molecule has 132 valence electrons. The molecule has 2 rings (SSSR count). The van der Waals surface area contributed by atoms with E-state index in [0.29, 0.717) is 35.3 Å². The highest BCUT2D eigenvalue weighted by Crippen LogP contribution is 2.27. The fourth-order valence-electron chi connectivity index (χ4n) is 2.56. The molecule has 0 spiro atoms. The highest BCUT2D eigenvalue weighted by molar-refractivity contribution is 6.35. The van der Waals surface area contributed by atoms with Gasteiger partial charge in [0.25, 0.3) is 5.91 Å². The third-order valence-corrected chi connectivity index (χ3v) is 4.38. The molecule has 1 fully saturated rings. The fraction of sp³-hybridized carbons (Fsp3) is 0.529. The smallest absolute Gasteiger partial charge is 0.257 e. The number of amides is 2. The number of likely N-dealkylation sites (tertiary alicyclic amines) is 1. The monoisotopic (exact) mass is 372 g/mol. The lowest BCUT2D eigenvalue weighted by atomic mass is 10.2. The average molecular weight is 373 g/mol. The van der Waals surface area contributed by atoms with Gasteiger partial charge in [-0.25, -0.2) is 0 Å². The minimum Gasteiger partial charge on any atom is -0.482 e. The Morgan fingerprint density at radius 2 is 2.08 bits per heavy atom. The molecular weight excluding hydrogens is 351 g/mol. The van der Waals surface area contributed by atoms with Crippen molar-refractivity contribution in [3.05, 3.63) is 28.2 Å². The summed E-state index contributed by atoms with van der Waals surface area (Å²) in [6.45, 7) is 1.91. The number of halogens is 2. The number of carbonyl (C=O) groups is 2. The van der Waals surface area contributed by atoms with E-state index in [4.69, 9.17) is 27.9 Å². The van der Waals surface area contributed by atoms with Crippen LogP contribution in [0.4, 0.5) is 0 Å². The molecule has 1 heterocycles. The van der Waals surface area contributed by atoms with Crippen molar-refractivity contribution in [2.45, 2.75) is 32.1 Å². The molecule has 0 aliphatic carbocycles. The average Bonchev–Trinajstić information content (AvgIpc) is 2.75. The van der Waals surface area contributed by atoms with E-state index in [2.05, 4.69) is 5.32 Å². The van der Waals surface area contributed by atoms with Crippen molar-refractivity contribution < 1.29 is 14.3 Å². The van der Waals surface area contributed by atoms with E-state index in [1.165, 1.54) is 0 Å². The zero-order valence-corrected chi connectivity index (χ0v) is 15.0. The van der Waals surface area contributed by atoms with Crippen LogP contribution >= 0.6 is 23.2 Å². The summed E-state index contributed by atoms with van der Waals surface area (Å²) in [6.07, 6.45) is 4.54. The van der Waals surface area contributed by atoms with Gasteiger partial charge in [-0.2, -0.15) is 0 Å². The maximum atomic E-state index is 11.9. The van der Waals surface area contributed by atoms with Crippen LogP contribution in [0.5, 0.6) is 5.75 Å². The summed E-state index contributed by atoms with van der Waals surface area (Å²) < 4.78 is 5.37. The lowest BCUT2D eigenvalue weighted by Gasteiger charge is -2.20. The number of benzene rings is 1. The molecule has 1 aliphatic rings. The summed E-state index contributed by atoms with van der Waals surface area (Å²) in [5.41, 5.74) is 0. The summed E-state index contributed by atoms with van der Waals surface area (Å²) in [4.78, 5) is 25.5. The molecule has 2 amide bonds. The maximum absolute atomic E-state index is 11.9. The summed E-state index contributed by atoms with van der Waals surface area (Å²) in [5.74, 6) is 0.425. The van der Waals surface area contributed by atoms with Gasteiger partial charge in [0.05, 0.1) is 5.02 Å². The van der Waals surface area contributed by atoms with Crippen LogP contribution in [0.25, 0.3) is 0 Å². The maximum Gasteiger partial charge on any atom is 0.257 e. The first-order valence-electron chi connectivity index (χ1n) is 8.18. The van der Waals surface area contributed by atoms with E-state index in [0.717, 1.165) is 32.2 Å². The summed E-state index contributed by atoms with van der Waals surface area (Å²) in [7, 11) is 0. The predicted molar refractivity (Wildman–Crippen MR) is 94.6 cm³/mol. The molecule has 1 aromatic carbocycles. The Hall–Kier alpha value is -1.46. The van der Waals surface area contributed by atoms with E-state index < -0.39 is 0 Å². The van der Waals surface area contributed by atoms with Crippen LogP contribution in [0.15, 0.2) is 18.2 Å². The van der Waals surface area contributed by atoms with Gasteiger partial charge in [-0.1, -0.05) is 29.6 Å². The second-order valence-electron chi connectivity index (χ2n) is 5.76. The lowest BCUT2D eigenvalue weighted by molar-refractivity contribution is -0.130. The molecule has 0 atom stereocenters. The van der Waals surface area contributed by atoms with Crippen molar-refractivity contribution in [1.29, 1.82) is 0 Å².